The average molecular weight is 268 g/mol. The van der Waals surface area contributed by atoms with Gasteiger partial charge in [-0.15, -0.1) is 0 Å². The number of hydrogen-bond donors (Lipinski definition) is 2. The zero-order valence-electron chi connectivity index (χ0n) is 10.8. The first-order chi connectivity index (χ1) is 9.01. The fourth-order valence-electron chi connectivity index (χ4n) is 1.50. The number of nitrogens with one attached hydrogen (secondary N) is 1. The van der Waals surface area contributed by atoms with Gasteiger partial charge in [-0.05, 0) is 6.92 Å². The van der Waals surface area contributed by atoms with Crippen molar-refractivity contribution >= 4 is 17.4 Å². The Morgan fingerprint density at radius 2 is 2.32 bits per heavy atom. The highest BCUT2D eigenvalue weighted by Crippen LogP contribution is 2.21. The number of amides is 1. The second-order valence-electron chi connectivity index (χ2n) is 3.82. The largest absolute Gasteiger partial charge is 0.395 e. The van der Waals surface area contributed by atoms with Gasteiger partial charge >= 0.3 is 0 Å². The van der Waals surface area contributed by atoms with Crippen molar-refractivity contribution in [3.63, 3.8) is 0 Å². The van der Waals surface area contributed by atoms with E-state index in [0.29, 0.717) is 12.4 Å². The predicted molar refractivity (Wildman–Crippen MR) is 69.1 cm³/mol. The molecular weight excluding hydrogens is 252 g/mol. The van der Waals surface area contributed by atoms with Crippen molar-refractivity contribution < 1.29 is 14.8 Å². The van der Waals surface area contributed by atoms with Gasteiger partial charge in [-0.2, -0.15) is 0 Å². The highest BCUT2D eigenvalue weighted by atomic mass is 16.6. The van der Waals surface area contributed by atoms with E-state index in [1.165, 1.54) is 18.0 Å². The number of anilines is 1. The molecule has 1 aromatic rings. The van der Waals surface area contributed by atoms with Crippen molar-refractivity contribution in [2.45, 2.75) is 6.92 Å². The molecule has 8 nitrogen and oxygen atoms in total. The van der Waals surface area contributed by atoms with E-state index in [1.807, 2.05) is 6.92 Å². The lowest BCUT2D eigenvalue weighted by molar-refractivity contribution is -0.385. The highest BCUT2D eigenvalue weighted by molar-refractivity contribution is 5.98. The summed E-state index contributed by atoms with van der Waals surface area (Å²) >= 11 is 0. The van der Waals surface area contributed by atoms with Crippen LogP contribution in [0.3, 0.4) is 0 Å². The molecule has 1 rings (SSSR count). The molecule has 0 radical (unpaired) electrons. The van der Waals surface area contributed by atoms with Crippen molar-refractivity contribution in [3.8, 4) is 0 Å². The Hall–Kier alpha value is -2.22. The van der Waals surface area contributed by atoms with Crippen molar-refractivity contribution in [3.05, 3.63) is 27.9 Å². The molecule has 1 amide bonds. The summed E-state index contributed by atoms with van der Waals surface area (Å²) in [6.07, 6.45) is 1.05. The Labute approximate surface area is 110 Å². The molecule has 0 spiro atoms. The maximum Gasteiger partial charge on any atom is 0.300 e. The van der Waals surface area contributed by atoms with Gasteiger partial charge in [0.2, 0.25) is 0 Å². The Kier molecular flexibility index (Phi) is 5.19. The Balaban J connectivity index is 3.16. The molecule has 2 N–H and O–H groups in total. The molecule has 0 unspecified atom stereocenters. The Bertz CT molecular complexity index is 478. The van der Waals surface area contributed by atoms with Crippen LogP contribution in [0.15, 0.2) is 12.3 Å². The summed E-state index contributed by atoms with van der Waals surface area (Å²) in [5.41, 5.74) is -0.400. The first-order valence-corrected chi connectivity index (χ1v) is 5.75. The summed E-state index contributed by atoms with van der Waals surface area (Å²) < 4.78 is 0. The fraction of sp³-hybridized carbons (Fsp3) is 0.455. The summed E-state index contributed by atoms with van der Waals surface area (Å²) in [7, 11) is 1.47. The topological polar surface area (TPSA) is 109 Å². The molecular formula is C11H16N4O4. The number of likely N-dealkylation sites (N-methyl/N-ethyl adjacent to an activating group) is 1. The molecule has 0 atom stereocenters. The molecule has 1 heterocycles. The SMILES string of the molecule is CCNc1cc(C(=O)N(C)CCO)c([N+](=O)[O-])cn1. The molecule has 0 aromatic carbocycles. The van der Waals surface area contributed by atoms with Crippen molar-refractivity contribution in [2.75, 3.05) is 32.1 Å². The van der Waals surface area contributed by atoms with Crippen LogP contribution in [-0.2, 0) is 0 Å². The van der Waals surface area contributed by atoms with E-state index in [4.69, 9.17) is 5.11 Å². The number of aliphatic hydroxyl groups is 1. The van der Waals surface area contributed by atoms with Crippen LogP contribution >= 0.6 is 0 Å². The molecule has 8 heteroatoms. The quantitative estimate of drug-likeness (QED) is 0.574. The van der Waals surface area contributed by atoms with Gasteiger partial charge in [0.25, 0.3) is 11.6 Å². The van der Waals surface area contributed by atoms with Gasteiger partial charge < -0.3 is 15.3 Å². The predicted octanol–water partition coefficient (Wildman–Crippen LogP) is 0.486. The van der Waals surface area contributed by atoms with E-state index in [0.717, 1.165) is 6.20 Å². The molecule has 0 bridgehead atoms. The minimum absolute atomic E-state index is 0.0492. The lowest BCUT2D eigenvalue weighted by atomic mass is 10.2. The van der Waals surface area contributed by atoms with Crippen LogP contribution in [0.1, 0.15) is 17.3 Å². The Morgan fingerprint density at radius 3 is 2.84 bits per heavy atom. The minimum Gasteiger partial charge on any atom is -0.395 e. The van der Waals surface area contributed by atoms with Crippen molar-refractivity contribution in [1.82, 2.24) is 9.88 Å². The second kappa shape index (κ2) is 6.64. The number of aromatic nitrogens is 1. The number of aliphatic hydroxyl groups excluding tert-OH is 1. The summed E-state index contributed by atoms with van der Waals surface area (Å²) in [4.78, 5) is 27.4. The van der Waals surface area contributed by atoms with E-state index >= 15 is 0 Å². The Morgan fingerprint density at radius 1 is 1.63 bits per heavy atom. The second-order valence-corrected chi connectivity index (χ2v) is 3.82. The van der Waals surface area contributed by atoms with Gasteiger partial charge in [0, 0.05) is 26.2 Å². The van der Waals surface area contributed by atoms with Crippen molar-refractivity contribution in [2.24, 2.45) is 0 Å². The van der Waals surface area contributed by atoms with Gasteiger partial charge in [0.1, 0.15) is 17.6 Å². The average Bonchev–Trinajstić information content (AvgIpc) is 2.38. The normalized spacial score (nSPS) is 10.1. The van der Waals surface area contributed by atoms with Gasteiger partial charge in [-0.3, -0.25) is 14.9 Å². The zero-order valence-corrected chi connectivity index (χ0v) is 10.8. The molecule has 0 aliphatic carbocycles. The monoisotopic (exact) mass is 268 g/mol. The summed E-state index contributed by atoms with van der Waals surface area (Å²) in [5.74, 6) is -0.129. The lowest BCUT2D eigenvalue weighted by Gasteiger charge is -2.16. The third-order valence-corrected chi connectivity index (χ3v) is 2.45. The zero-order chi connectivity index (χ0) is 14.4. The van der Waals surface area contributed by atoms with Gasteiger partial charge in [0.15, 0.2) is 0 Å². The minimum atomic E-state index is -0.650. The fourth-order valence-corrected chi connectivity index (χ4v) is 1.50. The van der Waals surface area contributed by atoms with Crippen LogP contribution in [0.4, 0.5) is 11.5 Å². The maximum atomic E-state index is 12.1. The van der Waals surface area contributed by atoms with Crippen LogP contribution in [0.5, 0.6) is 0 Å². The number of carbonyl (C=O) groups is 1. The molecule has 0 fully saturated rings. The number of pyridine rings is 1. The molecule has 104 valence electrons. The van der Waals surface area contributed by atoms with Gasteiger partial charge in [-0.1, -0.05) is 0 Å². The first kappa shape index (κ1) is 14.8. The van der Waals surface area contributed by atoms with Crippen LogP contribution in [0.25, 0.3) is 0 Å². The first-order valence-electron chi connectivity index (χ1n) is 5.75. The standard InChI is InChI=1S/C11H16N4O4/c1-3-12-10-6-8(9(7-13-10)15(18)19)11(17)14(2)4-5-16/h6-7,16H,3-5H2,1-2H3,(H,12,13). The van der Waals surface area contributed by atoms with E-state index in [1.54, 1.807) is 0 Å². The number of hydrogen-bond acceptors (Lipinski definition) is 6. The van der Waals surface area contributed by atoms with Crippen LogP contribution < -0.4 is 5.32 Å². The van der Waals surface area contributed by atoms with Gasteiger partial charge in [0.05, 0.1) is 11.5 Å². The molecule has 0 aliphatic heterocycles. The molecule has 0 aliphatic rings. The van der Waals surface area contributed by atoms with Crippen LogP contribution in [0, 0.1) is 10.1 Å². The molecule has 0 saturated carbocycles. The third kappa shape index (κ3) is 3.62. The highest BCUT2D eigenvalue weighted by Gasteiger charge is 2.23. The van der Waals surface area contributed by atoms with Crippen molar-refractivity contribution in [1.29, 1.82) is 0 Å². The number of nitrogens with zero attached hydrogens (tertiary/aromatic N) is 3. The third-order valence-electron chi connectivity index (χ3n) is 2.45. The molecule has 0 saturated heterocycles. The maximum absolute atomic E-state index is 12.1. The summed E-state index contributed by atoms with van der Waals surface area (Å²) in [6, 6.07) is 1.35. The summed E-state index contributed by atoms with van der Waals surface area (Å²) in [6.45, 7) is 2.34. The lowest BCUT2D eigenvalue weighted by Crippen LogP contribution is -2.30. The van der Waals surface area contributed by atoms with Crippen LogP contribution in [-0.4, -0.2) is 52.6 Å². The molecule has 19 heavy (non-hydrogen) atoms. The smallest absolute Gasteiger partial charge is 0.300 e. The van der Waals surface area contributed by atoms with E-state index in [2.05, 4.69) is 10.3 Å². The van der Waals surface area contributed by atoms with E-state index in [9.17, 15) is 14.9 Å². The van der Waals surface area contributed by atoms with E-state index < -0.39 is 10.8 Å². The summed E-state index contributed by atoms with van der Waals surface area (Å²) in [5, 5.41) is 22.6. The van der Waals surface area contributed by atoms with E-state index in [-0.39, 0.29) is 24.4 Å². The van der Waals surface area contributed by atoms with Crippen LogP contribution in [0.2, 0.25) is 0 Å². The van der Waals surface area contributed by atoms with Gasteiger partial charge in [-0.25, -0.2) is 4.98 Å². The number of rotatable bonds is 6. The number of carbonyl (C=O) groups excluding carboxylic acids is 1. The number of nitro groups is 1. The molecule has 1 aromatic heterocycles.